The molecule has 1 heterocycles. The first kappa shape index (κ1) is 8.44. The second-order valence-corrected chi connectivity index (χ2v) is 3.39. The Morgan fingerprint density at radius 3 is 3.00 bits per heavy atom. The van der Waals surface area contributed by atoms with Crippen molar-refractivity contribution in [2.24, 2.45) is 5.73 Å². The SMILES string of the molecule is CN(c1nccc(CN)n1)C1CC1. The Morgan fingerprint density at radius 1 is 1.62 bits per heavy atom. The molecule has 0 saturated heterocycles. The summed E-state index contributed by atoms with van der Waals surface area (Å²) in [4.78, 5) is 10.7. The minimum absolute atomic E-state index is 0.480. The number of hydrogen-bond donors (Lipinski definition) is 1. The molecule has 1 aliphatic rings. The van der Waals surface area contributed by atoms with Crippen LogP contribution in [0.4, 0.5) is 5.95 Å². The van der Waals surface area contributed by atoms with Crippen molar-refractivity contribution >= 4 is 5.95 Å². The predicted molar refractivity (Wildman–Crippen MR) is 51.3 cm³/mol. The number of aromatic nitrogens is 2. The van der Waals surface area contributed by atoms with Crippen molar-refractivity contribution in [3.05, 3.63) is 18.0 Å². The van der Waals surface area contributed by atoms with Gasteiger partial charge in [0, 0.05) is 25.8 Å². The molecule has 0 unspecified atom stereocenters. The molecule has 1 saturated carbocycles. The number of nitrogens with zero attached hydrogens (tertiary/aromatic N) is 3. The van der Waals surface area contributed by atoms with Crippen LogP contribution in [0.3, 0.4) is 0 Å². The Kier molecular flexibility index (Phi) is 2.14. The van der Waals surface area contributed by atoms with E-state index in [0.717, 1.165) is 11.6 Å². The summed E-state index contributed by atoms with van der Waals surface area (Å²) in [6.45, 7) is 0.480. The fourth-order valence-electron chi connectivity index (χ4n) is 1.29. The van der Waals surface area contributed by atoms with Gasteiger partial charge in [0.25, 0.3) is 0 Å². The zero-order valence-electron chi connectivity index (χ0n) is 7.77. The van der Waals surface area contributed by atoms with Crippen molar-refractivity contribution in [1.29, 1.82) is 0 Å². The summed E-state index contributed by atoms with van der Waals surface area (Å²) in [7, 11) is 2.04. The summed E-state index contributed by atoms with van der Waals surface area (Å²) in [6.07, 6.45) is 4.28. The van der Waals surface area contributed by atoms with Crippen molar-refractivity contribution in [3.63, 3.8) is 0 Å². The Balaban J connectivity index is 2.18. The van der Waals surface area contributed by atoms with Gasteiger partial charge in [-0.05, 0) is 18.9 Å². The average molecular weight is 178 g/mol. The van der Waals surface area contributed by atoms with Gasteiger partial charge in [0.2, 0.25) is 5.95 Å². The van der Waals surface area contributed by atoms with Gasteiger partial charge in [0.05, 0.1) is 5.69 Å². The maximum atomic E-state index is 5.50. The smallest absolute Gasteiger partial charge is 0.225 e. The maximum absolute atomic E-state index is 5.50. The van der Waals surface area contributed by atoms with Crippen LogP contribution >= 0.6 is 0 Å². The lowest BCUT2D eigenvalue weighted by molar-refractivity contribution is 0.841. The first-order chi connectivity index (χ1) is 6.31. The molecule has 13 heavy (non-hydrogen) atoms. The van der Waals surface area contributed by atoms with Crippen LogP contribution < -0.4 is 10.6 Å². The Hall–Kier alpha value is -1.16. The van der Waals surface area contributed by atoms with Crippen LogP contribution in [-0.4, -0.2) is 23.1 Å². The van der Waals surface area contributed by atoms with Gasteiger partial charge < -0.3 is 10.6 Å². The minimum atomic E-state index is 0.480. The monoisotopic (exact) mass is 178 g/mol. The molecule has 1 aliphatic carbocycles. The van der Waals surface area contributed by atoms with Crippen LogP contribution in [0.5, 0.6) is 0 Å². The summed E-state index contributed by atoms with van der Waals surface area (Å²) in [5.41, 5.74) is 6.40. The molecule has 0 bridgehead atoms. The normalized spacial score (nSPS) is 15.8. The number of hydrogen-bond acceptors (Lipinski definition) is 4. The molecule has 4 heteroatoms. The van der Waals surface area contributed by atoms with Gasteiger partial charge in [0.1, 0.15) is 0 Å². The second-order valence-electron chi connectivity index (χ2n) is 3.39. The van der Waals surface area contributed by atoms with E-state index in [1.165, 1.54) is 12.8 Å². The summed E-state index contributed by atoms with van der Waals surface area (Å²) in [5.74, 6) is 0.797. The maximum Gasteiger partial charge on any atom is 0.225 e. The van der Waals surface area contributed by atoms with Gasteiger partial charge in [-0.25, -0.2) is 9.97 Å². The van der Waals surface area contributed by atoms with Crippen LogP contribution in [-0.2, 0) is 6.54 Å². The molecule has 1 aromatic heterocycles. The van der Waals surface area contributed by atoms with E-state index in [4.69, 9.17) is 5.73 Å². The quantitative estimate of drug-likeness (QED) is 0.733. The lowest BCUT2D eigenvalue weighted by Gasteiger charge is -2.15. The van der Waals surface area contributed by atoms with E-state index in [1.807, 2.05) is 13.1 Å². The second kappa shape index (κ2) is 3.30. The molecule has 0 amide bonds. The fourth-order valence-corrected chi connectivity index (χ4v) is 1.29. The molecule has 1 fully saturated rings. The van der Waals surface area contributed by atoms with Crippen LogP contribution in [0.1, 0.15) is 18.5 Å². The predicted octanol–water partition coefficient (Wildman–Crippen LogP) is 0.534. The molecular formula is C9H14N4. The highest BCUT2D eigenvalue weighted by molar-refractivity contribution is 5.32. The third kappa shape index (κ3) is 1.78. The Labute approximate surface area is 77.8 Å². The molecule has 2 N–H and O–H groups in total. The molecule has 0 aromatic carbocycles. The third-order valence-electron chi connectivity index (χ3n) is 2.32. The molecule has 1 aromatic rings. The van der Waals surface area contributed by atoms with Crippen molar-refractivity contribution in [2.75, 3.05) is 11.9 Å². The third-order valence-corrected chi connectivity index (χ3v) is 2.32. The van der Waals surface area contributed by atoms with Crippen LogP contribution in [0.25, 0.3) is 0 Å². The van der Waals surface area contributed by atoms with Crippen LogP contribution in [0.2, 0.25) is 0 Å². The standard InChI is InChI=1S/C9H14N4/c1-13(8-2-3-8)9-11-5-4-7(6-10)12-9/h4-5,8H,2-3,6,10H2,1H3. The first-order valence-electron chi connectivity index (χ1n) is 4.56. The topological polar surface area (TPSA) is 55.0 Å². The van der Waals surface area contributed by atoms with Gasteiger partial charge in [-0.1, -0.05) is 0 Å². The van der Waals surface area contributed by atoms with Crippen LogP contribution in [0, 0.1) is 0 Å². The van der Waals surface area contributed by atoms with Crippen molar-refractivity contribution in [1.82, 2.24) is 9.97 Å². The minimum Gasteiger partial charge on any atom is -0.341 e. The number of anilines is 1. The van der Waals surface area contributed by atoms with E-state index < -0.39 is 0 Å². The van der Waals surface area contributed by atoms with E-state index >= 15 is 0 Å². The molecule has 4 nitrogen and oxygen atoms in total. The van der Waals surface area contributed by atoms with Crippen LogP contribution in [0.15, 0.2) is 12.3 Å². The highest BCUT2D eigenvalue weighted by Gasteiger charge is 2.27. The highest BCUT2D eigenvalue weighted by atomic mass is 15.3. The molecule has 70 valence electrons. The van der Waals surface area contributed by atoms with Gasteiger partial charge in [-0.2, -0.15) is 0 Å². The highest BCUT2D eigenvalue weighted by Crippen LogP contribution is 2.27. The van der Waals surface area contributed by atoms with E-state index in [1.54, 1.807) is 6.20 Å². The van der Waals surface area contributed by atoms with Gasteiger partial charge in [0.15, 0.2) is 0 Å². The van der Waals surface area contributed by atoms with Gasteiger partial charge in [-0.15, -0.1) is 0 Å². The Morgan fingerprint density at radius 2 is 2.38 bits per heavy atom. The van der Waals surface area contributed by atoms with E-state index in [2.05, 4.69) is 14.9 Å². The van der Waals surface area contributed by atoms with Gasteiger partial charge >= 0.3 is 0 Å². The molecule has 0 radical (unpaired) electrons. The average Bonchev–Trinajstić information content (AvgIpc) is 3.00. The summed E-state index contributed by atoms with van der Waals surface area (Å²) in [5, 5.41) is 0. The number of nitrogens with two attached hydrogens (primary N) is 1. The molecule has 0 atom stereocenters. The summed E-state index contributed by atoms with van der Waals surface area (Å²) in [6, 6.07) is 2.50. The lowest BCUT2D eigenvalue weighted by Crippen LogP contribution is -2.22. The van der Waals surface area contributed by atoms with Crippen molar-refractivity contribution < 1.29 is 0 Å². The fraction of sp³-hybridized carbons (Fsp3) is 0.556. The van der Waals surface area contributed by atoms with Crippen molar-refractivity contribution in [2.45, 2.75) is 25.4 Å². The zero-order valence-corrected chi connectivity index (χ0v) is 7.77. The largest absolute Gasteiger partial charge is 0.341 e. The van der Waals surface area contributed by atoms with E-state index in [9.17, 15) is 0 Å². The van der Waals surface area contributed by atoms with E-state index in [-0.39, 0.29) is 0 Å². The van der Waals surface area contributed by atoms with Crippen molar-refractivity contribution in [3.8, 4) is 0 Å². The van der Waals surface area contributed by atoms with E-state index in [0.29, 0.717) is 12.6 Å². The summed E-state index contributed by atoms with van der Waals surface area (Å²) >= 11 is 0. The molecule has 0 spiro atoms. The van der Waals surface area contributed by atoms with Gasteiger partial charge in [-0.3, -0.25) is 0 Å². The lowest BCUT2D eigenvalue weighted by atomic mass is 10.4. The molecule has 2 rings (SSSR count). The Bertz CT molecular complexity index is 295. The molecule has 0 aliphatic heterocycles. The first-order valence-corrected chi connectivity index (χ1v) is 4.56. The number of rotatable bonds is 3. The molecular weight excluding hydrogens is 164 g/mol. The summed E-state index contributed by atoms with van der Waals surface area (Å²) < 4.78 is 0. The zero-order chi connectivity index (χ0) is 9.26.